The van der Waals surface area contributed by atoms with Crippen molar-refractivity contribution in [3.63, 3.8) is 0 Å². The lowest BCUT2D eigenvalue weighted by Crippen LogP contribution is -2.17. The summed E-state index contributed by atoms with van der Waals surface area (Å²) in [6, 6.07) is 7.89. The second kappa shape index (κ2) is 9.85. The predicted molar refractivity (Wildman–Crippen MR) is 109 cm³/mol. The molecule has 7 heteroatoms. The highest BCUT2D eigenvalue weighted by molar-refractivity contribution is 5.27. The van der Waals surface area contributed by atoms with Crippen molar-refractivity contribution in [1.82, 2.24) is 19.9 Å². The molecule has 3 heterocycles. The van der Waals surface area contributed by atoms with Crippen molar-refractivity contribution < 1.29 is 4.42 Å². The number of rotatable bonds is 10. The van der Waals surface area contributed by atoms with Gasteiger partial charge in [0.2, 0.25) is 5.95 Å². The molecule has 0 bridgehead atoms. The number of aryl methyl sites for hydroxylation is 1. The lowest BCUT2D eigenvalue weighted by molar-refractivity contribution is 0.341. The van der Waals surface area contributed by atoms with E-state index in [0.717, 1.165) is 49.4 Å². The number of nitrogens with one attached hydrogen (secondary N) is 2. The maximum absolute atomic E-state index is 12.2. The van der Waals surface area contributed by atoms with Gasteiger partial charge in [0.15, 0.2) is 0 Å². The summed E-state index contributed by atoms with van der Waals surface area (Å²) in [5, 5.41) is 3.18. The number of unbranched alkanes of at least 4 members (excludes halogenated alkanes) is 1. The largest absolute Gasteiger partial charge is 0.465 e. The maximum atomic E-state index is 12.2. The van der Waals surface area contributed by atoms with Crippen LogP contribution in [-0.2, 0) is 19.4 Å². The van der Waals surface area contributed by atoms with E-state index in [0.29, 0.717) is 17.9 Å². The third-order valence-electron chi connectivity index (χ3n) is 4.32. The van der Waals surface area contributed by atoms with Gasteiger partial charge in [-0.15, -0.1) is 0 Å². The van der Waals surface area contributed by atoms with Crippen molar-refractivity contribution in [1.29, 1.82) is 0 Å². The number of aromatic nitrogens is 3. The quantitative estimate of drug-likeness (QED) is 0.525. The molecule has 0 saturated carbocycles. The van der Waals surface area contributed by atoms with Gasteiger partial charge >= 0.3 is 0 Å². The minimum absolute atomic E-state index is 0.120. The smallest absolute Gasteiger partial charge is 0.255 e. The van der Waals surface area contributed by atoms with Gasteiger partial charge < -0.3 is 14.6 Å². The van der Waals surface area contributed by atoms with Crippen LogP contribution in [0.4, 0.5) is 5.95 Å². The average molecular weight is 381 g/mol. The van der Waals surface area contributed by atoms with Gasteiger partial charge in [0.1, 0.15) is 11.5 Å². The monoisotopic (exact) mass is 381 g/mol. The molecular weight excluding hydrogens is 354 g/mol. The third-order valence-corrected chi connectivity index (χ3v) is 4.32. The summed E-state index contributed by atoms with van der Waals surface area (Å²) < 4.78 is 5.81. The van der Waals surface area contributed by atoms with Crippen LogP contribution in [0.25, 0.3) is 0 Å². The summed E-state index contributed by atoms with van der Waals surface area (Å²) in [6.45, 7) is 1.56. The van der Waals surface area contributed by atoms with Gasteiger partial charge in [-0.3, -0.25) is 14.8 Å². The van der Waals surface area contributed by atoms with E-state index >= 15 is 0 Å². The first-order valence-corrected chi connectivity index (χ1v) is 9.53. The van der Waals surface area contributed by atoms with Crippen LogP contribution in [0.1, 0.15) is 35.5 Å². The van der Waals surface area contributed by atoms with Crippen LogP contribution in [0.5, 0.6) is 0 Å². The highest BCUT2D eigenvalue weighted by Crippen LogP contribution is 2.12. The topological polar surface area (TPSA) is 87.0 Å². The Morgan fingerprint density at radius 2 is 2.00 bits per heavy atom. The number of aromatic amines is 1. The van der Waals surface area contributed by atoms with Crippen LogP contribution < -0.4 is 10.9 Å². The summed E-state index contributed by atoms with van der Waals surface area (Å²) in [7, 11) is 4.05. The molecule has 3 rings (SSSR count). The highest BCUT2D eigenvalue weighted by Gasteiger charge is 2.05. The first-order chi connectivity index (χ1) is 13.6. The molecule has 0 saturated heterocycles. The molecular formula is C21H27N5O2. The van der Waals surface area contributed by atoms with E-state index < -0.39 is 0 Å². The molecule has 0 amide bonds. The number of pyridine rings is 1. The number of furan rings is 1. The zero-order chi connectivity index (χ0) is 19.8. The van der Waals surface area contributed by atoms with E-state index in [2.05, 4.69) is 25.2 Å². The van der Waals surface area contributed by atoms with E-state index in [1.807, 2.05) is 38.4 Å². The minimum Gasteiger partial charge on any atom is -0.465 e. The third kappa shape index (κ3) is 6.06. The number of hydrogen-bond donors (Lipinski definition) is 2. The molecule has 28 heavy (non-hydrogen) atoms. The molecule has 7 nitrogen and oxygen atoms in total. The normalized spacial score (nSPS) is 11.1. The Balaban J connectivity index is 1.41. The minimum atomic E-state index is -0.120. The second-order valence-corrected chi connectivity index (χ2v) is 7.11. The molecule has 0 aliphatic heterocycles. The molecule has 0 atom stereocenters. The van der Waals surface area contributed by atoms with Gasteiger partial charge in [-0.25, -0.2) is 4.98 Å². The summed E-state index contributed by atoms with van der Waals surface area (Å²) >= 11 is 0. The first kappa shape index (κ1) is 19.8. The predicted octanol–water partition coefficient (Wildman–Crippen LogP) is 2.85. The van der Waals surface area contributed by atoms with Crippen molar-refractivity contribution in [2.24, 2.45) is 0 Å². The summed E-state index contributed by atoms with van der Waals surface area (Å²) in [5.74, 6) is 2.51. The molecule has 0 fully saturated rings. The molecule has 3 aromatic rings. The van der Waals surface area contributed by atoms with Crippen molar-refractivity contribution >= 4 is 5.95 Å². The average Bonchev–Trinajstić information content (AvgIpc) is 3.11. The molecule has 0 radical (unpaired) electrons. The number of hydrogen-bond acceptors (Lipinski definition) is 6. The molecule has 0 aliphatic rings. The second-order valence-electron chi connectivity index (χ2n) is 7.11. The number of H-pyrrole nitrogens is 1. The highest BCUT2D eigenvalue weighted by atomic mass is 16.3. The zero-order valence-corrected chi connectivity index (χ0v) is 16.4. The van der Waals surface area contributed by atoms with Gasteiger partial charge in [0.25, 0.3) is 5.56 Å². The Morgan fingerprint density at radius 1 is 1.14 bits per heavy atom. The van der Waals surface area contributed by atoms with Crippen molar-refractivity contribution in [2.75, 3.05) is 26.0 Å². The van der Waals surface area contributed by atoms with E-state index in [4.69, 9.17) is 4.42 Å². The SMILES string of the molecule is CN(C)Cc1ccc(CCCCNc2ncc(Cc3cccnc3)c(=O)[nH]2)o1. The van der Waals surface area contributed by atoms with Crippen LogP contribution in [0.3, 0.4) is 0 Å². The van der Waals surface area contributed by atoms with E-state index in [-0.39, 0.29) is 5.56 Å². The molecule has 2 N–H and O–H groups in total. The van der Waals surface area contributed by atoms with Crippen LogP contribution in [0.2, 0.25) is 0 Å². The van der Waals surface area contributed by atoms with Gasteiger partial charge in [0.05, 0.1) is 6.54 Å². The Kier molecular flexibility index (Phi) is 6.97. The summed E-state index contributed by atoms with van der Waals surface area (Å²) in [5.41, 5.74) is 1.50. The Labute approximate surface area is 164 Å². The van der Waals surface area contributed by atoms with Gasteiger partial charge in [-0.1, -0.05) is 6.07 Å². The Hall–Kier alpha value is -2.93. The van der Waals surface area contributed by atoms with Crippen molar-refractivity contribution in [3.8, 4) is 0 Å². The maximum Gasteiger partial charge on any atom is 0.255 e. The van der Waals surface area contributed by atoms with Crippen LogP contribution in [0.15, 0.2) is 52.1 Å². The lowest BCUT2D eigenvalue weighted by atomic mass is 10.1. The van der Waals surface area contributed by atoms with E-state index in [9.17, 15) is 4.79 Å². The standard InChI is InChI=1S/C21H27N5O2/c1-26(2)15-19-9-8-18(28-19)7-3-4-11-23-21-24-14-17(20(27)25-21)12-16-6-5-10-22-13-16/h5-6,8-10,13-14H,3-4,7,11-12,15H2,1-2H3,(H2,23,24,25,27). The van der Waals surface area contributed by atoms with Crippen LogP contribution >= 0.6 is 0 Å². The molecule has 3 aromatic heterocycles. The molecule has 0 unspecified atom stereocenters. The Bertz CT molecular complexity index is 918. The fraction of sp³-hybridized carbons (Fsp3) is 0.381. The zero-order valence-electron chi connectivity index (χ0n) is 16.4. The molecule has 0 aromatic carbocycles. The van der Waals surface area contributed by atoms with Gasteiger partial charge in [-0.2, -0.15) is 0 Å². The fourth-order valence-corrected chi connectivity index (χ4v) is 2.94. The first-order valence-electron chi connectivity index (χ1n) is 9.53. The Morgan fingerprint density at radius 3 is 2.75 bits per heavy atom. The van der Waals surface area contributed by atoms with Crippen LogP contribution in [0, 0.1) is 0 Å². The van der Waals surface area contributed by atoms with Crippen LogP contribution in [-0.4, -0.2) is 40.5 Å². The number of nitrogens with zero attached hydrogens (tertiary/aromatic N) is 3. The lowest BCUT2D eigenvalue weighted by Gasteiger charge is -2.07. The van der Waals surface area contributed by atoms with Crippen molar-refractivity contribution in [2.45, 2.75) is 32.2 Å². The molecule has 148 valence electrons. The van der Waals surface area contributed by atoms with Gasteiger partial charge in [0, 0.05) is 43.5 Å². The van der Waals surface area contributed by atoms with E-state index in [1.165, 1.54) is 0 Å². The molecule has 0 spiro atoms. The van der Waals surface area contributed by atoms with Gasteiger partial charge in [-0.05, 0) is 50.7 Å². The van der Waals surface area contributed by atoms with Crippen molar-refractivity contribution in [3.05, 3.63) is 75.9 Å². The number of anilines is 1. The molecule has 0 aliphatic carbocycles. The fourth-order valence-electron chi connectivity index (χ4n) is 2.94. The van der Waals surface area contributed by atoms with E-state index in [1.54, 1.807) is 18.6 Å². The summed E-state index contributed by atoms with van der Waals surface area (Å²) in [4.78, 5) is 25.5. The summed E-state index contributed by atoms with van der Waals surface area (Å²) in [6.07, 6.45) is 8.50.